The molecule has 19 heavy (non-hydrogen) atoms. The Kier molecular flexibility index (Phi) is 4.50. The van der Waals surface area contributed by atoms with Gasteiger partial charge in [-0.3, -0.25) is 4.79 Å². The van der Waals surface area contributed by atoms with Gasteiger partial charge in [0.05, 0.1) is 12.1 Å². The molecule has 3 nitrogen and oxygen atoms in total. The summed E-state index contributed by atoms with van der Waals surface area (Å²) >= 11 is 10.8. The van der Waals surface area contributed by atoms with Crippen LogP contribution in [0.15, 0.2) is 34.1 Å². The smallest absolute Gasteiger partial charge is 0.257 e. The SMILES string of the molecule is CN(Cc1cc(Br)cs1)C(=O)c1cc(Cl)ccc1O. The van der Waals surface area contributed by atoms with E-state index in [9.17, 15) is 9.90 Å². The molecule has 0 atom stereocenters. The maximum Gasteiger partial charge on any atom is 0.257 e. The summed E-state index contributed by atoms with van der Waals surface area (Å²) in [6.07, 6.45) is 0. The van der Waals surface area contributed by atoms with Gasteiger partial charge in [-0.05, 0) is 40.2 Å². The zero-order valence-electron chi connectivity index (χ0n) is 10.1. The zero-order chi connectivity index (χ0) is 14.0. The van der Waals surface area contributed by atoms with Crippen LogP contribution in [-0.2, 0) is 6.54 Å². The molecule has 1 amide bonds. The molecule has 6 heteroatoms. The first-order valence-corrected chi connectivity index (χ1v) is 7.49. The minimum Gasteiger partial charge on any atom is -0.507 e. The van der Waals surface area contributed by atoms with E-state index < -0.39 is 0 Å². The Morgan fingerprint density at radius 3 is 2.84 bits per heavy atom. The third-order valence-electron chi connectivity index (χ3n) is 2.55. The van der Waals surface area contributed by atoms with Crippen LogP contribution in [0, 0.1) is 0 Å². The number of amides is 1. The van der Waals surface area contributed by atoms with Crippen molar-refractivity contribution < 1.29 is 9.90 Å². The van der Waals surface area contributed by atoms with E-state index in [4.69, 9.17) is 11.6 Å². The average Bonchev–Trinajstić information content (AvgIpc) is 2.77. The first kappa shape index (κ1) is 14.4. The number of carbonyl (C=O) groups excluding carboxylic acids is 1. The van der Waals surface area contributed by atoms with Crippen LogP contribution in [0.4, 0.5) is 0 Å². The third-order valence-corrected chi connectivity index (χ3v) is 4.47. The Morgan fingerprint density at radius 1 is 1.47 bits per heavy atom. The number of phenolic OH excluding ortho intramolecular Hbond substituents is 1. The number of phenols is 1. The van der Waals surface area contributed by atoms with Gasteiger partial charge < -0.3 is 10.0 Å². The van der Waals surface area contributed by atoms with E-state index in [0.29, 0.717) is 11.6 Å². The fourth-order valence-electron chi connectivity index (χ4n) is 1.63. The topological polar surface area (TPSA) is 40.5 Å². The molecule has 0 aliphatic carbocycles. The highest BCUT2D eigenvalue weighted by Crippen LogP contribution is 2.25. The molecule has 2 aromatic rings. The van der Waals surface area contributed by atoms with Crippen LogP contribution in [0.2, 0.25) is 5.02 Å². The predicted molar refractivity (Wildman–Crippen MR) is 80.9 cm³/mol. The lowest BCUT2D eigenvalue weighted by Gasteiger charge is -2.17. The Balaban J connectivity index is 2.16. The second kappa shape index (κ2) is 5.94. The van der Waals surface area contributed by atoms with Gasteiger partial charge in [-0.25, -0.2) is 0 Å². The van der Waals surface area contributed by atoms with Crippen LogP contribution in [0.25, 0.3) is 0 Å². The molecular formula is C13H11BrClNO2S. The standard InChI is InChI=1S/C13H11BrClNO2S/c1-16(6-10-4-8(14)7-19-10)13(18)11-5-9(15)2-3-12(11)17/h2-5,7,17H,6H2,1H3. The molecule has 0 saturated carbocycles. The molecule has 0 bridgehead atoms. The highest BCUT2D eigenvalue weighted by atomic mass is 79.9. The largest absolute Gasteiger partial charge is 0.507 e. The van der Waals surface area contributed by atoms with Crippen molar-refractivity contribution in [3.05, 3.63) is 49.6 Å². The lowest BCUT2D eigenvalue weighted by molar-refractivity contribution is 0.0783. The lowest BCUT2D eigenvalue weighted by Crippen LogP contribution is -2.25. The maximum atomic E-state index is 12.2. The van der Waals surface area contributed by atoms with Gasteiger partial charge in [0, 0.05) is 26.8 Å². The van der Waals surface area contributed by atoms with Crippen molar-refractivity contribution in [1.29, 1.82) is 0 Å². The quantitative estimate of drug-likeness (QED) is 0.893. The van der Waals surface area contributed by atoms with Gasteiger partial charge in [0.25, 0.3) is 5.91 Å². The summed E-state index contributed by atoms with van der Waals surface area (Å²) in [7, 11) is 1.69. The van der Waals surface area contributed by atoms with Crippen LogP contribution in [0.5, 0.6) is 5.75 Å². The summed E-state index contributed by atoms with van der Waals surface area (Å²) in [5, 5.41) is 12.1. The number of hydrogen-bond acceptors (Lipinski definition) is 3. The molecule has 1 aromatic carbocycles. The van der Waals surface area contributed by atoms with E-state index in [1.807, 2.05) is 11.4 Å². The van der Waals surface area contributed by atoms with Crippen molar-refractivity contribution in [2.24, 2.45) is 0 Å². The summed E-state index contributed by atoms with van der Waals surface area (Å²) in [4.78, 5) is 14.8. The molecule has 1 N–H and O–H groups in total. The van der Waals surface area contributed by atoms with Crippen LogP contribution in [-0.4, -0.2) is 23.0 Å². The summed E-state index contributed by atoms with van der Waals surface area (Å²) < 4.78 is 0.999. The minimum atomic E-state index is -0.260. The number of aromatic hydroxyl groups is 1. The molecule has 0 fully saturated rings. The van der Waals surface area contributed by atoms with Crippen molar-refractivity contribution in [1.82, 2.24) is 4.90 Å². The molecule has 0 spiro atoms. The number of halogens is 2. The number of rotatable bonds is 3. The second-order valence-corrected chi connectivity index (χ2v) is 6.40. The fraction of sp³-hybridized carbons (Fsp3) is 0.154. The van der Waals surface area contributed by atoms with Gasteiger partial charge in [0.1, 0.15) is 5.75 Å². The van der Waals surface area contributed by atoms with Gasteiger partial charge >= 0.3 is 0 Å². The van der Waals surface area contributed by atoms with E-state index >= 15 is 0 Å². The third kappa shape index (κ3) is 3.49. The van der Waals surface area contributed by atoms with Gasteiger partial charge in [-0.15, -0.1) is 11.3 Å². The van der Waals surface area contributed by atoms with Gasteiger partial charge in [0.2, 0.25) is 0 Å². The molecule has 0 radical (unpaired) electrons. The highest BCUT2D eigenvalue weighted by molar-refractivity contribution is 9.10. The Labute approximate surface area is 128 Å². The number of carbonyl (C=O) groups is 1. The van der Waals surface area contributed by atoms with Gasteiger partial charge in [-0.2, -0.15) is 0 Å². The van der Waals surface area contributed by atoms with Crippen LogP contribution in [0.3, 0.4) is 0 Å². The molecule has 2 rings (SSSR count). The Bertz CT molecular complexity index is 614. The first-order valence-electron chi connectivity index (χ1n) is 5.44. The predicted octanol–water partition coefficient (Wildman–Crippen LogP) is 4.14. The molecule has 0 unspecified atom stereocenters. The van der Waals surface area contributed by atoms with E-state index in [-0.39, 0.29) is 17.2 Å². The van der Waals surface area contributed by atoms with Gasteiger partial charge in [0.15, 0.2) is 0 Å². The van der Waals surface area contributed by atoms with Crippen molar-refractivity contribution >= 4 is 44.8 Å². The van der Waals surface area contributed by atoms with E-state index in [2.05, 4.69) is 15.9 Å². The molecular weight excluding hydrogens is 350 g/mol. The fourth-order valence-corrected chi connectivity index (χ4v) is 3.30. The zero-order valence-corrected chi connectivity index (χ0v) is 13.2. The maximum absolute atomic E-state index is 12.2. The molecule has 1 heterocycles. The van der Waals surface area contributed by atoms with Crippen LogP contribution < -0.4 is 0 Å². The molecule has 0 saturated heterocycles. The monoisotopic (exact) mass is 359 g/mol. The number of nitrogens with zero attached hydrogens (tertiary/aromatic N) is 1. The van der Waals surface area contributed by atoms with E-state index in [0.717, 1.165) is 9.35 Å². The summed E-state index contributed by atoms with van der Waals surface area (Å²) in [5.74, 6) is -0.321. The van der Waals surface area contributed by atoms with E-state index in [1.54, 1.807) is 29.4 Å². The normalized spacial score (nSPS) is 10.5. The molecule has 0 aliphatic heterocycles. The van der Waals surface area contributed by atoms with Crippen molar-refractivity contribution in [3.63, 3.8) is 0 Å². The van der Waals surface area contributed by atoms with Crippen molar-refractivity contribution in [3.8, 4) is 5.75 Å². The number of hydrogen-bond donors (Lipinski definition) is 1. The molecule has 1 aromatic heterocycles. The van der Waals surface area contributed by atoms with Crippen molar-refractivity contribution in [2.75, 3.05) is 7.05 Å². The van der Waals surface area contributed by atoms with Gasteiger partial charge in [-0.1, -0.05) is 11.6 Å². The average molecular weight is 361 g/mol. The summed E-state index contributed by atoms with van der Waals surface area (Å²) in [6.45, 7) is 0.487. The Hall–Kier alpha value is -1.04. The second-order valence-electron chi connectivity index (χ2n) is 4.05. The Morgan fingerprint density at radius 2 is 2.21 bits per heavy atom. The number of thiophene rings is 1. The minimum absolute atomic E-state index is 0.0615. The van der Waals surface area contributed by atoms with Crippen LogP contribution >= 0.6 is 38.9 Å². The number of benzene rings is 1. The molecule has 100 valence electrons. The summed E-state index contributed by atoms with van der Waals surface area (Å²) in [6, 6.07) is 6.40. The molecule has 0 aliphatic rings. The van der Waals surface area contributed by atoms with Crippen molar-refractivity contribution in [2.45, 2.75) is 6.54 Å². The van der Waals surface area contributed by atoms with Crippen LogP contribution in [0.1, 0.15) is 15.2 Å². The highest BCUT2D eigenvalue weighted by Gasteiger charge is 2.17. The lowest BCUT2D eigenvalue weighted by atomic mass is 10.2. The summed E-state index contributed by atoms with van der Waals surface area (Å²) in [5.41, 5.74) is 0.214. The first-order chi connectivity index (χ1) is 8.97. The van der Waals surface area contributed by atoms with E-state index in [1.165, 1.54) is 12.1 Å².